The Morgan fingerprint density at radius 1 is 1.11 bits per heavy atom. The highest BCUT2D eigenvalue weighted by atomic mass is 16.3. The molecule has 0 aromatic carbocycles. The van der Waals surface area contributed by atoms with E-state index in [1.807, 2.05) is 12.1 Å². The number of aromatic nitrogens is 1. The molecule has 0 saturated carbocycles. The number of aryl methyl sites for hydroxylation is 1. The second kappa shape index (κ2) is 8.12. The average molecular weight is 265 g/mol. The molecule has 1 rings (SSSR count). The molecule has 1 aromatic heterocycles. The van der Waals surface area contributed by atoms with E-state index in [0.717, 1.165) is 49.6 Å². The standard InChI is InChI=1S/C15H27N3O/c1-5-7-18(9-8-17(3)4)15-11-13(12-19)10-14(6-2)16-15/h10-11,19H,5-9,12H2,1-4H3. The minimum Gasteiger partial charge on any atom is -0.392 e. The van der Waals surface area contributed by atoms with Gasteiger partial charge in [0.15, 0.2) is 0 Å². The van der Waals surface area contributed by atoms with E-state index in [0.29, 0.717) is 0 Å². The van der Waals surface area contributed by atoms with Crippen LogP contribution in [0.2, 0.25) is 0 Å². The number of rotatable bonds is 8. The Bertz CT molecular complexity index is 357. The molecule has 4 nitrogen and oxygen atoms in total. The lowest BCUT2D eigenvalue weighted by molar-refractivity contribution is 0.281. The van der Waals surface area contributed by atoms with Crippen LogP contribution in [0.25, 0.3) is 0 Å². The first-order valence-electron chi connectivity index (χ1n) is 7.11. The lowest BCUT2D eigenvalue weighted by Crippen LogP contribution is -2.33. The van der Waals surface area contributed by atoms with Gasteiger partial charge in [-0.1, -0.05) is 13.8 Å². The largest absolute Gasteiger partial charge is 0.392 e. The minimum absolute atomic E-state index is 0.0795. The fraction of sp³-hybridized carbons (Fsp3) is 0.667. The molecule has 0 bridgehead atoms. The Hall–Kier alpha value is -1.13. The van der Waals surface area contributed by atoms with Crippen molar-refractivity contribution in [2.45, 2.75) is 33.3 Å². The van der Waals surface area contributed by atoms with Crippen LogP contribution in [0.4, 0.5) is 5.82 Å². The Morgan fingerprint density at radius 2 is 1.84 bits per heavy atom. The van der Waals surface area contributed by atoms with Crippen molar-refractivity contribution in [3.8, 4) is 0 Å². The second-order valence-electron chi connectivity index (χ2n) is 5.13. The number of pyridine rings is 1. The highest BCUT2D eigenvalue weighted by molar-refractivity contribution is 5.42. The highest BCUT2D eigenvalue weighted by Crippen LogP contribution is 2.16. The number of aliphatic hydroxyl groups is 1. The van der Waals surface area contributed by atoms with Gasteiger partial charge in [0.1, 0.15) is 5.82 Å². The molecule has 1 N–H and O–H groups in total. The minimum atomic E-state index is 0.0795. The topological polar surface area (TPSA) is 39.6 Å². The van der Waals surface area contributed by atoms with Gasteiger partial charge in [-0.25, -0.2) is 4.98 Å². The summed E-state index contributed by atoms with van der Waals surface area (Å²) in [5, 5.41) is 9.36. The fourth-order valence-corrected chi connectivity index (χ4v) is 2.00. The zero-order valence-electron chi connectivity index (χ0n) is 12.7. The lowest BCUT2D eigenvalue weighted by atomic mass is 10.2. The van der Waals surface area contributed by atoms with E-state index < -0.39 is 0 Å². The third-order valence-corrected chi connectivity index (χ3v) is 3.10. The molecule has 19 heavy (non-hydrogen) atoms. The molecule has 0 amide bonds. The van der Waals surface area contributed by atoms with Gasteiger partial charge in [0, 0.05) is 25.3 Å². The molecule has 108 valence electrons. The maximum absolute atomic E-state index is 9.36. The molecular weight excluding hydrogens is 238 g/mol. The van der Waals surface area contributed by atoms with E-state index in [1.165, 1.54) is 0 Å². The van der Waals surface area contributed by atoms with Gasteiger partial charge in [-0.2, -0.15) is 0 Å². The highest BCUT2D eigenvalue weighted by Gasteiger charge is 2.10. The first-order valence-corrected chi connectivity index (χ1v) is 7.11. The normalized spacial score (nSPS) is 11.1. The molecule has 0 unspecified atom stereocenters. The fourth-order valence-electron chi connectivity index (χ4n) is 2.00. The molecule has 0 aliphatic carbocycles. The van der Waals surface area contributed by atoms with Gasteiger partial charge >= 0.3 is 0 Å². The third kappa shape index (κ3) is 5.17. The summed E-state index contributed by atoms with van der Waals surface area (Å²) in [7, 11) is 4.17. The maximum Gasteiger partial charge on any atom is 0.129 e. The Balaban J connectivity index is 2.92. The van der Waals surface area contributed by atoms with Gasteiger partial charge < -0.3 is 14.9 Å². The Morgan fingerprint density at radius 3 is 2.37 bits per heavy atom. The molecule has 0 aliphatic heterocycles. The van der Waals surface area contributed by atoms with Crippen molar-refractivity contribution < 1.29 is 5.11 Å². The summed E-state index contributed by atoms with van der Waals surface area (Å²) in [5.74, 6) is 0.993. The zero-order chi connectivity index (χ0) is 14.3. The van der Waals surface area contributed by atoms with E-state index in [4.69, 9.17) is 4.98 Å². The van der Waals surface area contributed by atoms with E-state index in [9.17, 15) is 5.11 Å². The predicted molar refractivity (Wildman–Crippen MR) is 80.6 cm³/mol. The summed E-state index contributed by atoms with van der Waals surface area (Å²) in [5.41, 5.74) is 2.00. The van der Waals surface area contributed by atoms with Crippen molar-refractivity contribution in [1.82, 2.24) is 9.88 Å². The Labute approximate surface area is 117 Å². The van der Waals surface area contributed by atoms with Crippen molar-refractivity contribution in [3.05, 3.63) is 23.4 Å². The summed E-state index contributed by atoms with van der Waals surface area (Å²) in [6, 6.07) is 3.99. The van der Waals surface area contributed by atoms with Crippen molar-refractivity contribution in [1.29, 1.82) is 0 Å². The van der Waals surface area contributed by atoms with E-state index in [1.54, 1.807) is 0 Å². The summed E-state index contributed by atoms with van der Waals surface area (Å²) in [6.07, 6.45) is 1.99. The summed E-state index contributed by atoms with van der Waals surface area (Å²) < 4.78 is 0. The van der Waals surface area contributed by atoms with Crippen molar-refractivity contribution in [2.75, 3.05) is 38.6 Å². The van der Waals surface area contributed by atoms with Crippen LogP contribution in [0.15, 0.2) is 12.1 Å². The van der Waals surface area contributed by atoms with Gasteiger partial charge in [-0.05, 0) is 44.6 Å². The summed E-state index contributed by atoms with van der Waals surface area (Å²) in [4.78, 5) is 9.18. The molecule has 0 spiro atoms. The monoisotopic (exact) mass is 265 g/mol. The van der Waals surface area contributed by atoms with Crippen LogP contribution in [-0.4, -0.2) is 48.7 Å². The van der Waals surface area contributed by atoms with Crippen LogP contribution in [-0.2, 0) is 13.0 Å². The van der Waals surface area contributed by atoms with Crippen LogP contribution in [0.5, 0.6) is 0 Å². The van der Waals surface area contributed by atoms with Gasteiger partial charge in [-0.3, -0.25) is 0 Å². The van der Waals surface area contributed by atoms with Crippen LogP contribution in [0.3, 0.4) is 0 Å². The molecular formula is C15H27N3O. The SMILES string of the molecule is CCCN(CCN(C)C)c1cc(CO)cc(CC)n1. The van der Waals surface area contributed by atoms with Gasteiger partial charge in [0.25, 0.3) is 0 Å². The first kappa shape index (κ1) is 15.9. The van der Waals surface area contributed by atoms with Gasteiger partial charge in [0.05, 0.1) is 6.61 Å². The quantitative estimate of drug-likeness (QED) is 0.779. The van der Waals surface area contributed by atoms with Crippen LogP contribution >= 0.6 is 0 Å². The molecule has 0 fully saturated rings. The van der Waals surface area contributed by atoms with Crippen LogP contribution in [0, 0.1) is 0 Å². The third-order valence-electron chi connectivity index (χ3n) is 3.10. The lowest BCUT2D eigenvalue weighted by Gasteiger charge is -2.25. The smallest absolute Gasteiger partial charge is 0.129 e. The van der Waals surface area contributed by atoms with E-state index in [-0.39, 0.29) is 6.61 Å². The maximum atomic E-state index is 9.36. The molecule has 4 heteroatoms. The van der Waals surface area contributed by atoms with Gasteiger partial charge in [0.2, 0.25) is 0 Å². The zero-order valence-corrected chi connectivity index (χ0v) is 12.7. The molecule has 0 saturated heterocycles. The van der Waals surface area contributed by atoms with Crippen LogP contribution in [0.1, 0.15) is 31.5 Å². The second-order valence-corrected chi connectivity index (χ2v) is 5.13. The van der Waals surface area contributed by atoms with Crippen molar-refractivity contribution >= 4 is 5.82 Å². The molecule has 0 aliphatic rings. The van der Waals surface area contributed by atoms with Gasteiger partial charge in [-0.15, -0.1) is 0 Å². The molecule has 0 atom stereocenters. The molecule has 0 radical (unpaired) electrons. The number of hydrogen-bond donors (Lipinski definition) is 1. The number of anilines is 1. The number of likely N-dealkylation sites (N-methyl/N-ethyl adjacent to an activating group) is 1. The first-order chi connectivity index (χ1) is 9.10. The average Bonchev–Trinajstić information content (AvgIpc) is 2.42. The van der Waals surface area contributed by atoms with Crippen molar-refractivity contribution in [3.63, 3.8) is 0 Å². The molecule has 1 aromatic rings. The van der Waals surface area contributed by atoms with Crippen LogP contribution < -0.4 is 4.90 Å². The van der Waals surface area contributed by atoms with E-state index >= 15 is 0 Å². The number of nitrogens with zero attached hydrogens (tertiary/aromatic N) is 3. The van der Waals surface area contributed by atoms with Crippen molar-refractivity contribution in [2.24, 2.45) is 0 Å². The van der Waals surface area contributed by atoms with E-state index in [2.05, 4.69) is 37.7 Å². The summed E-state index contributed by atoms with van der Waals surface area (Å²) >= 11 is 0. The summed E-state index contributed by atoms with van der Waals surface area (Å²) in [6.45, 7) is 7.32. The molecule has 1 heterocycles. The predicted octanol–water partition coefficient (Wildman–Crippen LogP) is 1.91. The number of hydrogen-bond acceptors (Lipinski definition) is 4. The Kier molecular flexibility index (Phi) is 6.81. The number of aliphatic hydroxyl groups excluding tert-OH is 1.